The second-order valence-electron chi connectivity index (χ2n) is 5.88. The van der Waals surface area contributed by atoms with E-state index in [-0.39, 0.29) is 12.5 Å². The van der Waals surface area contributed by atoms with E-state index in [1.54, 1.807) is 23.1 Å². The maximum absolute atomic E-state index is 12.9. The Morgan fingerprint density at radius 2 is 1.89 bits per heavy atom. The molecule has 0 aliphatic rings. The lowest BCUT2D eigenvalue weighted by atomic mass is 10.1. The lowest BCUT2D eigenvalue weighted by molar-refractivity contribution is -0.121. The molecule has 0 aliphatic carbocycles. The fourth-order valence-corrected chi connectivity index (χ4v) is 2.86. The highest BCUT2D eigenvalue weighted by Crippen LogP contribution is 2.30. The Hall–Kier alpha value is -2.28. The summed E-state index contributed by atoms with van der Waals surface area (Å²) in [6, 6.07) is 12.0. The summed E-state index contributed by atoms with van der Waals surface area (Å²) in [5.74, 6) is 1.06. The minimum absolute atomic E-state index is 0.127. The quantitative estimate of drug-likeness (QED) is 0.709. The molecule has 0 saturated heterocycles. The molecular formula is C20H25ClN2O4. The van der Waals surface area contributed by atoms with Crippen molar-refractivity contribution < 1.29 is 19.0 Å². The van der Waals surface area contributed by atoms with Gasteiger partial charge in [0.2, 0.25) is 5.91 Å². The van der Waals surface area contributed by atoms with Gasteiger partial charge >= 0.3 is 0 Å². The molecule has 146 valence electrons. The molecular weight excluding hydrogens is 368 g/mol. The Balaban J connectivity index is 2.31. The minimum Gasteiger partial charge on any atom is -0.495 e. The van der Waals surface area contributed by atoms with Crippen molar-refractivity contribution in [3.63, 3.8) is 0 Å². The zero-order chi connectivity index (χ0) is 19.8. The van der Waals surface area contributed by atoms with Crippen molar-refractivity contribution in [2.45, 2.75) is 19.5 Å². The topological polar surface area (TPSA) is 74.0 Å². The van der Waals surface area contributed by atoms with Crippen LogP contribution in [0.3, 0.4) is 0 Å². The summed E-state index contributed by atoms with van der Waals surface area (Å²) in [4.78, 5) is 14.5. The number of rotatable bonds is 9. The van der Waals surface area contributed by atoms with Crippen LogP contribution in [-0.4, -0.2) is 39.4 Å². The number of nitrogens with two attached hydrogens (primary N) is 1. The number of halogens is 1. The van der Waals surface area contributed by atoms with Gasteiger partial charge in [-0.05, 0) is 42.8 Å². The van der Waals surface area contributed by atoms with Crippen LogP contribution in [0.4, 0.5) is 5.69 Å². The number of nitrogens with zero attached hydrogens (tertiary/aromatic N) is 1. The van der Waals surface area contributed by atoms with Crippen LogP contribution in [0.1, 0.15) is 12.5 Å². The monoisotopic (exact) mass is 392 g/mol. The molecule has 1 atom stereocenters. The smallest absolute Gasteiger partial charge is 0.246 e. The number of hydrogen-bond acceptors (Lipinski definition) is 5. The molecule has 2 N–H and O–H groups in total. The van der Waals surface area contributed by atoms with E-state index < -0.39 is 6.04 Å². The third kappa shape index (κ3) is 5.60. The first-order valence-corrected chi connectivity index (χ1v) is 8.99. The summed E-state index contributed by atoms with van der Waals surface area (Å²) in [6.07, 6.45) is 0. The molecule has 1 unspecified atom stereocenters. The van der Waals surface area contributed by atoms with E-state index in [0.29, 0.717) is 29.6 Å². The molecule has 0 radical (unpaired) electrons. The Morgan fingerprint density at radius 1 is 1.19 bits per heavy atom. The van der Waals surface area contributed by atoms with Crippen molar-refractivity contribution in [1.29, 1.82) is 0 Å². The number of anilines is 1. The molecule has 0 saturated carbocycles. The van der Waals surface area contributed by atoms with E-state index in [1.165, 1.54) is 14.2 Å². The Morgan fingerprint density at radius 3 is 2.44 bits per heavy atom. The first kappa shape index (κ1) is 21.0. The van der Waals surface area contributed by atoms with E-state index >= 15 is 0 Å². The first-order chi connectivity index (χ1) is 13.0. The molecule has 2 aromatic carbocycles. The third-order valence-electron chi connectivity index (χ3n) is 3.95. The minimum atomic E-state index is -0.779. The summed E-state index contributed by atoms with van der Waals surface area (Å²) >= 11 is 6.24. The SMILES string of the molecule is CCOc1ccc(CN(C(=O)C(N)COC)c2ccc(OC)c(Cl)c2)cc1. The van der Waals surface area contributed by atoms with Gasteiger partial charge in [-0.1, -0.05) is 23.7 Å². The number of hydrogen-bond donors (Lipinski definition) is 1. The molecule has 0 fully saturated rings. The van der Waals surface area contributed by atoms with E-state index in [2.05, 4.69) is 0 Å². The van der Waals surface area contributed by atoms with Crippen LogP contribution in [0.5, 0.6) is 11.5 Å². The number of carbonyl (C=O) groups is 1. The van der Waals surface area contributed by atoms with Crippen LogP contribution in [0, 0.1) is 0 Å². The summed E-state index contributed by atoms with van der Waals surface area (Å²) < 4.78 is 15.7. The van der Waals surface area contributed by atoms with Gasteiger partial charge in [0.15, 0.2) is 0 Å². The number of benzene rings is 2. The van der Waals surface area contributed by atoms with Gasteiger partial charge in [0.25, 0.3) is 0 Å². The summed E-state index contributed by atoms with van der Waals surface area (Å²) in [7, 11) is 3.05. The predicted octanol–water partition coefficient (Wildman–Crippen LogP) is 3.25. The molecule has 0 aromatic heterocycles. The fourth-order valence-electron chi connectivity index (χ4n) is 2.61. The van der Waals surface area contributed by atoms with Gasteiger partial charge in [-0.3, -0.25) is 4.79 Å². The van der Waals surface area contributed by atoms with Crippen LogP contribution in [0.2, 0.25) is 5.02 Å². The zero-order valence-electron chi connectivity index (χ0n) is 15.8. The maximum Gasteiger partial charge on any atom is 0.246 e. The third-order valence-corrected chi connectivity index (χ3v) is 4.25. The summed E-state index contributed by atoms with van der Waals surface area (Å²) in [5, 5.41) is 0.416. The van der Waals surface area contributed by atoms with E-state index in [4.69, 9.17) is 31.5 Å². The van der Waals surface area contributed by atoms with Crippen LogP contribution in [0.15, 0.2) is 42.5 Å². The molecule has 1 amide bonds. The van der Waals surface area contributed by atoms with Crippen molar-refractivity contribution >= 4 is 23.2 Å². The van der Waals surface area contributed by atoms with E-state index in [1.807, 2.05) is 31.2 Å². The van der Waals surface area contributed by atoms with Gasteiger partial charge in [0.05, 0.1) is 31.9 Å². The molecule has 2 aromatic rings. The lowest BCUT2D eigenvalue weighted by Gasteiger charge is -2.26. The van der Waals surface area contributed by atoms with Gasteiger partial charge in [-0.15, -0.1) is 0 Å². The van der Waals surface area contributed by atoms with Gasteiger partial charge in [-0.25, -0.2) is 0 Å². The normalized spacial score (nSPS) is 11.7. The maximum atomic E-state index is 12.9. The second-order valence-corrected chi connectivity index (χ2v) is 6.29. The average Bonchev–Trinajstić information content (AvgIpc) is 2.67. The molecule has 7 heteroatoms. The summed E-state index contributed by atoms with van der Waals surface area (Å²) in [6.45, 7) is 2.99. The predicted molar refractivity (Wildman–Crippen MR) is 107 cm³/mol. The standard InChI is InChI=1S/C20H25ClN2O4/c1-4-27-16-8-5-14(6-9-16)12-23(20(24)18(22)13-25-2)15-7-10-19(26-3)17(21)11-15/h5-11,18H,4,12-13,22H2,1-3H3. The lowest BCUT2D eigenvalue weighted by Crippen LogP contribution is -2.46. The van der Waals surface area contributed by atoms with Gasteiger partial charge in [-0.2, -0.15) is 0 Å². The zero-order valence-corrected chi connectivity index (χ0v) is 16.5. The Bertz CT molecular complexity index is 752. The first-order valence-electron chi connectivity index (χ1n) is 8.61. The Labute approximate surface area is 164 Å². The van der Waals surface area contributed by atoms with Crippen molar-refractivity contribution in [3.8, 4) is 11.5 Å². The molecule has 0 bridgehead atoms. The van der Waals surface area contributed by atoms with Crippen molar-refractivity contribution in [3.05, 3.63) is 53.1 Å². The van der Waals surface area contributed by atoms with E-state index in [9.17, 15) is 4.79 Å². The highest BCUT2D eigenvalue weighted by molar-refractivity contribution is 6.32. The molecule has 0 heterocycles. The fraction of sp³-hybridized carbons (Fsp3) is 0.350. The van der Waals surface area contributed by atoms with Crippen LogP contribution in [0.25, 0.3) is 0 Å². The van der Waals surface area contributed by atoms with Crippen molar-refractivity contribution in [2.24, 2.45) is 5.73 Å². The molecule has 2 rings (SSSR count). The van der Waals surface area contributed by atoms with Crippen molar-refractivity contribution in [2.75, 3.05) is 32.3 Å². The van der Waals surface area contributed by atoms with Crippen LogP contribution >= 0.6 is 11.6 Å². The molecule has 27 heavy (non-hydrogen) atoms. The number of ether oxygens (including phenoxy) is 3. The van der Waals surface area contributed by atoms with E-state index in [0.717, 1.165) is 11.3 Å². The molecule has 6 nitrogen and oxygen atoms in total. The average molecular weight is 393 g/mol. The van der Waals surface area contributed by atoms with Crippen LogP contribution in [-0.2, 0) is 16.1 Å². The van der Waals surface area contributed by atoms with Gasteiger partial charge in [0.1, 0.15) is 17.5 Å². The second kappa shape index (κ2) is 10.2. The number of amides is 1. The van der Waals surface area contributed by atoms with Crippen molar-refractivity contribution in [1.82, 2.24) is 0 Å². The molecule has 0 spiro atoms. The molecule has 0 aliphatic heterocycles. The largest absolute Gasteiger partial charge is 0.495 e. The number of methoxy groups -OCH3 is 2. The highest BCUT2D eigenvalue weighted by atomic mass is 35.5. The highest BCUT2D eigenvalue weighted by Gasteiger charge is 2.23. The summed E-state index contributed by atoms with van der Waals surface area (Å²) in [5.41, 5.74) is 7.55. The van der Waals surface area contributed by atoms with Gasteiger partial charge < -0.3 is 24.8 Å². The number of carbonyl (C=O) groups excluding carboxylic acids is 1. The van der Waals surface area contributed by atoms with Gasteiger partial charge in [0, 0.05) is 12.8 Å². The van der Waals surface area contributed by atoms with Crippen LogP contribution < -0.4 is 20.1 Å². The Kier molecular flexibility index (Phi) is 7.91.